The second kappa shape index (κ2) is 13.1. The Labute approximate surface area is 218 Å². The number of imidazole rings is 1. The molecule has 1 aliphatic rings. The van der Waals surface area contributed by atoms with Crippen molar-refractivity contribution in [2.45, 2.75) is 32.1 Å². The number of carbonyl (C=O) groups is 1. The molecule has 2 heterocycles. The number of hydrogen-bond donors (Lipinski definition) is 1. The van der Waals surface area contributed by atoms with Crippen LogP contribution in [0.4, 0.5) is 19.0 Å². The molecule has 0 aliphatic carbocycles. The molecule has 202 valence electrons. The summed E-state index contributed by atoms with van der Waals surface area (Å²) < 4.78 is 63.9. The van der Waals surface area contributed by atoms with Crippen molar-refractivity contribution in [3.8, 4) is 11.5 Å². The predicted molar refractivity (Wildman–Crippen MR) is 133 cm³/mol. The van der Waals surface area contributed by atoms with E-state index in [9.17, 15) is 18.0 Å². The zero-order chi connectivity index (χ0) is 26.9. The van der Waals surface area contributed by atoms with E-state index in [2.05, 4.69) is 10.3 Å². The number of nitrogens with zero attached hydrogens (tertiary/aromatic N) is 2. The number of amides is 1. The molecular formula is C27H28F3N3O5. The van der Waals surface area contributed by atoms with Crippen molar-refractivity contribution in [3.63, 3.8) is 0 Å². The maximum absolute atomic E-state index is 13.4. The van der Waals surface area contributed by atoms with Crippen molar-refractivity contribution >= 4 is 17.8 Å². The van der Waals surface area contributed by atoms with E-state index in [1.165, 1.54) is 23.2 Å². The Morgan fingerprint density at radius 1 is 1.16 bits per heavy atom. The lowest BCUT2D eigenvalue weighted by molar-refractivity contribution is -0.165. The molecule has 1 N–H and O–H groups in total. The molecule has 1 atom stereocenters. The Balaban J connectivity index is 1.29. The van der Waals surface area contributed by atoms with Crippen molar-refractivity contribution in [1.29, 1.82) is 0 Å². The lowest BCUT2D eigenvalue weighted by Gasteiger charge is -2.22. The number of rotatable bonds is 11. The summed E-state index contributed by atoms with van der Waals surface area (Å²) in [5.74, 6) is -3.20. The molecule has 1 saturated heterocycles. The van der Waals surface area contributed by atoms with Gasteiger partial charge in [0.2, 0.25) is 5.91 Å². The second-order valence-corrected chi connectivity index (χ2v) is 8.55. The first-order valence-electron chi connectivity index (χ1n) is 12.1. The highest BCUT2D eigenvalue weighted by molar-refractivity contribution is 6.01. The van der Waals surface area contributed by atoms with E-state index < -0.39 is 23.4 Å². The molecule has 3 aromatic rings. The number of carbonyl (C=O) groups excluding carboxylic acids is 1. The fourth-order valence-electron chi connectivity index (χ4n) is 3.84. The zero-order valence-corrected chi connectivity index (χ0v) is 20.8. The van der Waals surface area contributed by atoms with Gasteiger partial charge in [0.15, 0.2) is 41.1 Å². The van der Waals surface area contributed by atoms with Gasteiger partial charge in [-0.1, -0.05) is 6.07 Å². The fourth-order valence-corrected chi connectivity index (χ4v) is 3.84. The number of hydrogen-bond acceptors (Lipinski definition) is 6. The number of ether oxygens (including phenoxy) is 4. The zero-order valence-electron chi connectivity index (χ0n) is 20.8. The molecule has 0 radical (unpaired) electrons. The summed E-state index contributed by atoms with van der Waals surface area (Å²) in [7, 11) is 1.54. The van der Waals surface area contributed by atoms with Gasteiger partial charge in [-0.3, -0.25) is 4.79 Å². The van der Waals surface area contributed by atoms with Gasteiger partial charge in [0, 0.05) is 25.4 Å². The van der Waals surface area contributed by atoms with Crippen molar-refractivity contribution in [2.24, 2.45) is 0 Å². The van der Waals surface area contributed by atoms with Crippen molar-refractivity contribution < 1.29 is 36.9 Å². The minimum absolute atomic E-state index is 0.0418. The molecule has 11 heteroatoms. The number of halogens is 3. The van der Waals surface area contributed by atoms with Crippen molar-refractivity contribution in [2.75, 3.05) is 32.2 Å². The van der Waals surface area contributed by atoms with Crippen LogP contribution in [0.15, 0.2) is 48.9 Å². The van der Waals surface area contributed by atoms with Crippen LogP contribution in [0.3, 0.4) is 0 Å². The molecule has 0 saturated carbocycles. The summed E-state index contributed by atoms with van der Waals surface area (Å²) in [5, 5.41) is 2.61. The summed E-state index contributed by atoms with van der Waals surface area (Å²) >= 11 is 0. The summed E-state index contributed by atoms with van der Waals surface area (Å²) in [6.07, 6.45) is 8.63. The summed E-state index contributed by atoms with van der Waals surface area (Å²) in [4.78, 5) is 16.4. The van der Waals surface area contributed by atoms with Gasteiger partial charge in [-0.05, 0) is 60.7 Å². The van der Waals surface area contributed by atoms with Gasteiger partial charge in [0.05, 0.1) is 20.0 Å². The Kier molecular flexibility index (Phi) is 9.39. The van der Waals surface area contributed by atoms with Crippen LogP contribution in [0.5, 0.6) is 11.5 Å². The van der Waals surface area contributed by atoms with E-state index in [0.717, 1.165) is 31.4 Å². The molecular weight excluding hydrogens is 503 g/mol. The topological polar surface area (TPSA) is 83.8 Å². The molecule has 0 bridgehead atoms. The van der Waals surface area contributed by atoms with Crippen LogP contribution in [0.1, 0.15) is 30.4 Å². The highest BCUT2D eigenvalue weighted by Crippen LogP contribution is 2.28. The van der Waals surface area contributed by atoms with Crippen LogP contribution >= 0.6 is 0 Å². The average Bonchev–Trinajstić information content (AvgIpc) is 3.35. The van der Waals surface area contributed by atoms with Crippen LogP contribution in [0, 0.1) is 17.5 Å². The van der Waals surface area contributed by atoms with Crippen LogP contribution in [-0.4, -0.2) is 48.7 Å². The Bertz CT molecular complexity index is 1250. The Hall–Kier alpha value is -3.83. The predicted octanol–water partition coefficient (Wildman–Crippen LogP) is 4.93. The average molecular weight is 532 g/mol. The van der Waals surface area contributed by atoms with E-state index in [-0.39, 0.29) is 24.2 Å². The fraction of sp³-hybridized carbons (Fsp3) is 0.333. The highest BCUT2D eigenvalue weighted by atomic mass is 19.2. The molecule has 1 aliphatic heterocycles. The standard InChI is InChI=1S/C27H28F3N3O5/c1-35-22-7-5-18(14-23(22)36-10-11-38-26-4-2-3-9-37-26)6-8-25(34)32-24-16-33(17-31-24)15-19-12-20(28)27(30)21(29)13-19/h5-8,12-14,16-17,26H,2-4,9-11,15H2,1H3,(H,32,34)/b8-6+. The van der Waals surface area contributed by atoms with Crippen LogP contribution in [-0.2, 0) is 20.8 Å². The monoisotopic (exact) mass is 531 g/mol. The Morgan fingerprint density at radius 2 is 1.97 bits per heavy atom. The van der Waals surface area contributed by atoms with Gasteiger partial charge in [-0.25, -0.2) is 18.2 Å². The van der Waals surface area contributed by atoms with E-state index in [1.54, 1.807) is 31.4 Å². The molecule has 1 aromatic heterocycles. The quantitative estimate of drug-likeness (QED) is 0.215. The first-order chi connectivity index (χ1) is 18.4. The van der Waals surface area contributed by atoms with Gasteiger partial charge in [-0.2, -0.15) is 0 Å². The minimum Gasteiger partial charge on any atom is -0.493 e. The minimum atomic E-state index is -1.52. The molecule has 1 unspecified atom stereocenters. The molecule has 0 spiro atoms. The summed E-state index contributed by atoms with van der Waals surface area (Å²) in [6.45, 7) is 1.43. The third-order valence-corrected chi connectivity index (χ3v) is 5.69. The molecule has 1 fully saturated rings. The number of aromatic nitrogens is 2. The smallest absolute Gasteiger partial charge is 0.249 e. The Morgan fingerprint density at radius 3 is 2.71 bits per heavy atom. The molecule has 38 heavy (non-hydrogen) atoms. The van der Waals surface area contributed by atoms with Gasteiger partial charge in [0.25, 0.3) is 0 Å². The van der Waals surface area contributed by atoms with E-state index in [4.69, 9.17) is 18.9 Å². The van der Waals surface area contributed by atoms with Crippen LogP contribution in [0.25, 0.3) is 6.08 Å². The van der Waals surface area contributed by atoms with E-state index in [0.29, 0.717) is 36.9 Å². The van der Waals surface area contributed by atoms with Gasteiger partial charge in [0.1, 0.15) is 6.61 Å². The van der Waals surface area contributed by atoms with Gasteiger partial charge >= 0.3 is 0 Å². The van der Waals surface area contributed by atoms with Gasteiger partial charge < -0.3 is 28.8 Å². The summed E-state index contributed by atoms with van der Waals surface area (Å²) in [6, 6.07) is 7.07. The third-order valence-electron chi connectivity index (χ3n) is 5.69. The first kappa shape index (κ1) is 27.2. The molecule has 4 rings (SSSR count). The molecule has 8 nitrogen and oxygen atoms in total. The number of nitrogens with one attached hydrogen (secondary N) is 1. The number of benzene rings is 2. The van der Waals surface area contributed by atoms with Crippen molar-refractivity contribution in [1.82, 2.24) is 9.55 Å². The molecule has 2 aromatic carbocycles. The maximum Gasteiger partial charge on any atom is 0.249 e. The van der Waals surface area contributed by atoms with Crippen LogP contribution in [0.2, 0.25) is 0 Å². The number of methoxy groups -OCH3 is 1. The number of anilines is 1. The lowest BCUT2D eigenvalue weighted by atomic mass is 10.2. The third kappa shape index (κ3) is 7.59. The normalized spacial score (nSPS) is 15.5. The largest absolute Gasteiger partial charge is 0.493 e. The second-order valence-electron chi connectivity index (χ2n) is 8.55. The van der Waals surface area contributed by atoms with E-state index >= 15 is 0 Å². The van der Waals surface area contributed by atoms with Gasteiger partial charge in [-0.15, -0.1) is 0 Å². The summed E-state index contributed by atoms with van der Waals surface area (Å²) in [5.41, 5.74) is 0.918. The van der Waals surface area contributed by atoms with Crippen molar-refractivity contribution in [3.05, 3.63) is 77.5 Å². The van der Waals surface area contributed by atoms with Crippen LogP contribution < -0.4 is 14.8 Å². The SMILES string of the molecule is COc1ccc(/C=C/C(=O)Nc2cn(Cc3cc(F)c(F)c(F)c3)cn2)cc1OCCOC1CCCCO1. The lowest BCUT2D eigenvalue weighted by Crippen LogP contribution is -2.24. The van der Waals surface area contributed by atoms with E-state index in [1.807, 2.05) is 0 Å². The molecule has 1 amide bonds. The first-order valence-corrected chi connectivity index (χ1v) is 12.1. The maximum atomic E-state index is 13.4. The highest BCUT2D eigenvalue weighted by Gasteiger charge is 2.14.